The molecule has 0 spiro atoms. The number of benzene rings is 1. The van der Waals surface area contributed by atoms with E-state index in [0.717, 1.165) is 39.4 Å². The molecule has 0 unspecified atom stereocenters. The van der Waals surface area contributed by atoms with Crippen LogP contribution in [0, 0.1) is 5.41 Å². The molecule has 1 aromatic carbocycles. The largest absolute Gasteiger partial charge is 0.279 e. The lowest BCUT2D eigenvalue weighted by Crippen LogP contribution is -2.42. The molecular formula is C29H39N5. The van der Waals surface area contributed by atoms with Crippen LogP contribution in [-0.4, -0.2) is 24.3 Å². The molecule has 0 saturated carbocycles. The quantitative estimate of drug-likeness (QED) is 0.285. The zero-order valence-electron chi connectivity index (χ0n) is 23.0. The second-order valence-electron chi connectivity index (χ2n) is 13.9. The maximum atomic E-state index is 5.19. The van der Waals surface area contributed by atoms with E-state index in [1.165, 1.54) is 11.1 Å². The predicted molar refractivity (Wildman–Crippen MR) is 141 cm³/mol. The molecule has 180 valence electrons. The average Bonchev–Trinajstić information content (AvgIpc) is 3.12. The van der Waals surface area contributed by atoms with Crippen molar-refractivity contribution >= 4 is 27.7 Å². The fourth-order valence-corrected chi connectivity index (χ4v) is 5.64. The number of hydrogen-bond donors (Lipinski definition) is 0. The number of hydrogen-bond acceptors (Lipinski definition) is 4. The minimum atomic E-state index is -0.181. The molecule has 0 fully saturated rings. The Morgan fingerprint density at radius 2 is 1.32 bits per heavy atom. The number of aromatic nitrogens is 5. The Kier molecular flexibility index (Phi) is 4.33. The molecular weight excluding hydrogens is 418 g/mol. The van der Waals surface area contributed by atoms with Crippen LogP contribution in [0.5, 0.6) is 0 Å². The SMILES string of the molecule is CC(C)(C)c1ncc2c(n1)nc(C(C)(C)C)n1c3cc4c(cc3nc21)C(C)(C)C(C)(C)C4(C)C. The van der Waals surface area contributed by atoms with Crippen LogP contribution in [0.4, 0.5) is 0 Å². The highest BCUT2D eigenvalue weighted by Gasteiger charge is 2.57. The minimum Gasteiger partial charge on any atom is -0.279 e. The van der Waals surface area contributed by atoms with Crippen molar-refractivity contribution in [3.05, 3.63) is 41.1 Å². The van der Waals surface area contributed by atoms with Crippen molar-refractivity contribution in [1.29, 1.82) is 0 Å². The summed E-state index contributed by atoms with van der Waals surface area (Å²) >= 11 is 0. The van der Waals surface area contributed by atoms with E-state index in [-0.39, 0.29) is 27.1 Å². The third kappa shape index (κ3) is 2.79. The zero-order chi connectivity index (χ0) is 25.2. The first-order chi connectivity index (χ1) is 15.4. The fourth-order valence-electron chi connectivity index (χ4n) is 5.64. The molecule has 3 heterocycles. The smallest absolute Gasteiger partial charge is 0.168 e. The van der Waals surface area contributed by atoms with Gasteiger partial charge in [-0.15, -0.1) is 0 Å². The topological polar surface area (TPSA) is 56.0 Å². The number of rotatable bonds is 0. The molecule has 3 aromatic heterocycles. The molecule has 0 N–H and O–H groups in total. The van der Waals surface area contributed by atoms with Gasteiger partial charge < -0.3 is 0 Å². The van der Waals surface area contributed by atoms with Gasteiger partial charge in [0.25, 0.3) is 0 Å². The van der Waals surface area contributed by atoms with Gasteiger partial charge in [-0.3, -0.25) is 4.40 Å². The molecule has 4 aromatic rings. The lowest BCUT2D eigenvalue weighted by molar-refractivity contribution is 0.125. The van der Waals surface area contributed by atoms with E-state index in [1.54, 1.807) is 0 Å². The van der Waals surface area contributed by atoms with Crippen molar-refractivity contribution in [2.45, 2.75) is 105 Å². The van der Waals surface area contributed by atoms with Gasteiger partial charge >= 0.3 is 0 Å². The fraction of sp³-hybridized carbons (Fsp3) is 0.586. The van der Waals surface area contributed by atoms with E-state index >= 15 is 0 Å². The molecule has 0 saturated heterocycles. The van der Waals surface area contributed by atoms with Crippen LogP contribution in [0.3, 0.4) is 0 Å². The summed E-state index contributed by atoms with van der Waals surface area (Å²) in [4.78, 5) is 19.9. The molecule has 1 aliphatic rings. The summed E-state index contributed by atoms with van der Waals surface area (Å²) in [6, 6.07) is 4.71. The van der Waals surface area contributed by atoms with Crippen LogP contribution in [0.1, 0.15) is 106 Å². The highest BCUT2D eigenvalue weighted by molar-refractivity contribution is 5.95. The van der Waals surface area contributed by atoms with Gasteiger partial charge in [-0.2, -0.15) is 0 Å². The second kappa shape index (κ2) is 6.35. The number of imidazole rings is 1. The lowest BCUT2D eigenvalue weighted by atomic mass is 9.59. The average molecular weight is 458 g/mol. The van der Waals surface area contributed by atoms with E-state index in [0.29, 0.717) is 0 Å². The minimum absolute atomic E-state index is 0.0288. The van der Waals surface area contributed by atoms with Gasteiger partial charge in [-0.1, -0.05) is 83.1 Å². The summed E-state index contributed by atoms with van der Waals surface area (Å²) in [5, 5.41) is 0.899. The molecule has 5 nitrogen and oxygen atoms in total. The van der Waals surface area contributed by atoms with Crippen molar-refractivity contribution in [2.24, 2.45) is 5.41 Å². The Morgan fingerprint density at radius 3 is 1.88 bits per heavy atom. The van der Waals surface area contributed by atoms with E-state index in [1.807, 2.05) is 6.20 Å². The van der Waals surface area contributed by atoms with E-state index in [2.05, 4.69) is 99.6 Å². The van der Waals surface area contributed by atoms with Gasteiger partial charge in [0.2, 0.25) is 0 Å². The first kappa shape index (κ1) is 23.2. The molecule has 5 heteroatoms. The third-order valence-corrected chi connectivity index (χ3v) is 9.04. The first-order valence-corrected chi connectivity index (χ1v) is 12.4. The van der Waals surface area contributed by atoms with E-state index in [9.17, 15) is 0 Å². The Balaban J connectivity index is 1.94. The Bertz CT molecular complexity index is 1490. The molecule has 34 heavy (non-hydrogen) atoms. The molecule has 0 atom stereocenters. The zero-order valence-corrected chi connectivity index (χ0v) is 23.0. The van der Waals surface area contributed by atoms with Crippen LogP contribution < -0.4 is 0 Å². The summed E-state index contributed by atoms with van der Waals surface area (Å²) in [7, 11) is 0. The molecule has 0 aliphatic heterocycles. The summed E-state index contributed by atoms with van der Waals surface area (Å²) in [5.74, 6) is 1.78. The molecule has 0 bridgehead atoms. The van der Waals surface area contributed by atoms with Gasteiger partial charge in [-0.25, -0.2) is 19.9 Å². The van der Waals surface area contributed by atoms with E-state index in [4.69, 9.17) is 19.9 Å². The Labute approximate surface area is 203 Å². The molecule has 0 radical (unpaired) electrons. The number of fused-ring (bicyclic) bond motifs is 6. The summed E-state index contributed by atoms with van der Waals surface area (Å²) in [5.41, 5.74) is 6.41. The van der Waals surface area contributed by atoms with Crippen LogP contribution in [0.15, 0.2) is 18.3 Å². The van der Waals surface area contributed by atoms with Crippen molar-refractivity contribution in [3.63, 3.8) is 0 Å². The third-order valence-electron chi connectivity index (χ3n) is 9.04. The Morgan fingerprint density at radius 1 is 0.735 bits per heavy atom. The number of nitrogens with zero attached hydrogens (tertiary/aromatic N) is 5. The predicted octanol–water partition coefficient (Wildman–Crippen LogP) is 7.02. The van der Waals surface area contributed by atoms with Crippen molar-refractivity contribution in [1.82, 2.24) is 24.3 Å². The first-order valence-electron chi connectivity index (χ1n) is 12.4. The summed E-state index contributed by atoms with van der Waals surface area (Å²) in [6.45, 7) is 27.3. The molecule has 5 rings (SSSR count). The van der Waals surface area contributed by atoms with E-state index < -0.39 is 0 Å². The van der Waals surface area contributed by atoms with Crippen LogP contribution in [-0.2, 0) is 21.7 Å². The maximum absolute atomic E-state index is 5.19. The van der Waals surface area contributed by atoms with Gasteiger partial charge in [0.05, 0.1) is 16.4 Å². The highest BCUT2D eigenvalue weighted by Crippen LogP contribution is 2.62. The molecule has 0 amide bonds. The monoisotopic (exact) mass is 457 g/mol. The van der Waals surface area contributed by atoms with Crippen molar-refractivity contribution in [2.75, 3.05) is 0 Å². The summed E-state index contributed by atoms with van der Waals surface area (Å²) < 4.78 is 2.26. The second-order valence-corrected chi connectivity index (χ2v) is 13.9. The standard InChI is InChI=1S/C29H39N5/c1-25(2,3)23-30-15-16-21(32-23)33-24(26(4,5)6)34-20-14-18-17(13-19(20)31-22(16)34)27(7,8)29(11,12)28(18,9)10/h13-15H,1-12H3. The van der Waals surface area contributed by atoms with Gasteiger partial charge in [0, 0.05) is 17.0 Å². The molecule has 1 aliphatic carbocycles. The summed E-state index contributed by atoms with van der Waals surface area (Å²) in [6.07, 6.45) is 1.91. The van der Waals surface area contributed by atoms with Crippen molar-refractivity contribution < 1.29 is 0 Å². The van der Waals surface area contributed by atoms with Gasteiger partial charge in [-0.05, 0) is 39.5 Å². The Hall–Kier alpha value is -2.56. The lowest BCUT2D eigenvalue weighted by Gasteiger charge is -2.44. The van der Waals surface area contributed by atoms with Crippen LogP contribution >= 0.6 is 0 Å². The van der Waals surface area contributed by atoms with Crippen molar-refractivity contribution in [3.8, 4) is 0 Å². The van der Waals surface area contributed by atoms with Gasteiger partial charge in [0.15, 0.2) is 11.3 Å². The van der Waals surface area contributed by atoms with Gasteiger partial charge in [0.1, 0.15) is 11.6 Å². The normalized spacial score (nSPS) is 19.3. The van der Waals surface area contributed by atoms with Crippen LogP contribution in [0.2, 0.25) is 0 Å². The van der Waals surface area contributed by atoms with Crippen LogP contribution in [0.25, 0.3) is 27.7 Å². The maximum Gasteiger partial charge on any atom is 0.168 e. The highest BCUT2D eigenvalue weighted by atomic mass is 15.1.